The second kappa shape index (κ2) is 6.65. The van der Waals surface area contributed by atoms with Gasteiger partial charge in [0.15, 0.2) is 0 Å². The second-order valence-electron chi connectivity index (χ2n) is 4.70. The fraction of sp³-hybridized carbons (Fsp3) is 0.125. The number of nitrogens with zero attached hydrogens (tertiary/aromatic N) is 2. The summed E-state index contributed by atoms with van der Waals surface area (Å²) in [5, 5.41) is 3.86. The third kappa shape index (κ3) is 4.14. The molecular formula is C16H16FN3O. The van der Waals surface area contributed by atoms with E-state index in [2.05, 4.69) is 10.5 Å². The van der Waals surface area contributed by atoms with Gasteiger partial charge in [-0.1, -0.05) is 18.2 Å². The van der Waals surface area contributed by atoms with Gasteiger partial charge < -0.3 is 4.90 Å². The van der Waals surface area contributed by atoms with Crippen LogP contribution in [0.4, 0.5) is 10.1 Å². The fourth-order valence-electron chi connectivity index (χ4n) is 1.72. The Hall–Kier alpha value is -2.69. The fourth-order valence-corrected chi connectivity index (χ4v) is 1.72. The summed E-state index contributed by atoms with van der Waals surface area (Å²) in [5.74, 6) is -0.901. The van der Waals surface area contributed by atoms with Crippen molar-refractivity contribution in [2.24, 2.45) is 5.10 Å². The zero-order chi connectivity index (χ0) is 15.2. The Balaban J connectivity index is 1.97. The van der Waals surface area contributed by atoms with Crippen LogP contribution in [0.5, 0.6) is 0 Å². The van der Waals surface area contributed by atoms with Crippen molar-refractivity contribution in [2.75, 3.05) is 19.0 Å². The number of carbonyl (C=O) groups excluding carboxylic acids is 1. The van der Waals surface area contributed by atoms with Crippen molar-refractivity contribution in [1.29, 1.82) is 0 Å². The molecule has 0 heterocycles. The Morgan fingerprint density at radius 2 is 1.90 bits per heavy atom. The van der Waals surface area contributed by atoms with Crippen LogP contribution < -0.4 is 10.3 Å². The molecule has 0 bridgehead atoms. The molecule has 2 aromatic rings. The van der Waals surface area contributed by atoms with E-state index in [1.807, 2.05) is 43.3 Å². The molecule has 0 fully saturated rings. The van der Waals surface area contributed by atoms with Crippen molar-refractivity contribution in [3.8, 4) is 0 Å². The lowest BCUT2D eigenvalue weighted by atomic mass is 10.2. The van der Waals surface area contributed by atoms with E-state index in [-0.39, 0.29) is 5.56 Å². The molecule has 0 aliphatic carbocycles. The number of carbonyl (C=O) groups is 1. The summed E-state index contributed by atoms with van der Waals surface area (Å²) in [5.41, 5.74) is 4.54. The van der Waals surface area contributed by atoms with Crippen LogP contribution in [0.25, 0.3) is 0 Å². The molecular weight excluding hydrogens is 269 g/mol. The SMILES string of the molecule is CN(C)c1ccc(/C=N/NC(=O)c2cccc(F)c2)cc1. The molecule has 2 aromatic carbocycles. The molecule has 0 saturated heterocycles. The van der Waals surface area contributed by atoms with Gasteiger partial charge in [-0.25, -0.2) is 9.82 Å². The van der Waals surface area contributed by atoms with E-state index in [1.165, 1.54) is 24.4 Å². The van der Waals surface area contributed by atoms with Crippen molar-refractivity contribution < 1.29 is 9.18 Å². The number of hydrogen-bond acceptors (Lipinski definition) is 3. The third-order valence-corrected chi connectivity index (χ3v) is 2.88. The highest BCUT2D eigenvalue weighted by Gasteiger charge is 2.04. The molecule has 0 unspecified atom stereocenters. The summed E-state index contributed by atoms with van der Waals surface area (Å²) in [4.78, 5) is 13.7. The van der Waals surface area contributed by atoms with Crippen molar-refractivity contribution in [3.63, 3.8) is 0 Å². The lowest BCUT2D eigenvalue weighted by molar-refractivity contribution is 0.0954. The van der Waals surface area contributed by atoms with Gasteiger partial charge in [0, 0.05) is 25.3 Å². The Kier molecular flexibility index (Phi) is 4.66. The van der Waals surface area contributed by atoms with E-state index in [0.717, 1.165) is 17.3 Å². The lowest BCUT2D eigenvalue weighted by Gasteiger charge is -2.11. The Morgan fingerprint density at radius 3 is 2.52 bits per heavy atom. The van der Waals surface area contributed by atoms with Gasteiger partial charge in [-0.05, 0) is 35.9 Å². The maximum Gasteiger partial charge on any atom is 0.271 e. The van der Waals surface area contributed by atoms with Crippen molar-refractivity contribution >= 4 is 17.8 Å². The highest BCUT2D eigenvalue weighted by atomic mass is 19.1. The number of anilines is 1. The van der Waals surface area contributed by atoms with Crippen molar-refractivity contribution in [3.05, 3.63) is 65.5 Å². The molecule has 0 aliphatic heterocycles. The standard InChI is InChI=1S/C16H16FN3O/c1-20(2)15-8-6-12(7-9-15)11-18-19-16(21)13-4-3-5-14(17)10-13/h3-11H,1-2H3,(H,19,21)/b18-11+. The minimum absolute atomic E-state index is 0.232. The quantitative estimate of drug-likeness (QED) is 0.693. The summed E-state index contributed by atoms with van der Waals surface area (Å²) in [7, 11) is 3.92. The zero-order valence-corrected chi connectivity index (χ0v) is 11.9. The summed E-state index contributed by atoms with van der Waals surface area (Å²) in [6, 6.07) is 13.2. The van der Waals surface area contributed by atoms with Crippen LogP contribution in [0.15, 0.2) is 53.6 Å². The molecule has 21 heavy (non-hydrogen) atoms. The summed E-state index contributed by atoms with van der Waals surface area (Å²) in [6.07, 6.45) is 1.54. The molecule has 0 atom stereocenters. The highest BCUT2D eigenvalue weighted by Crippen LogP contribution is 2.10. The molecule has 0 spiro atoms. The maximum absolute atomic E-state index is 13.0. The van der Waals surface area contributed by atoms with Crippen LogP contribution >= 0.6 is 0 Å². The van der Waals surface area contributed by atoms with Gasteiger partial charge in [0.05, 0.1) is 6.21 Å². The van der Waals surface area contributed by atoms with E-state index < -0.39 is 11.7 Å². The predicted octanol–water partition coefficient (Wildman–Crippen LogP) is 2.66. The van der Waals surface area contributed by atoms with Crippen LogP contribution in [0.2, 0.25) is 0 Å². The normalized spacial score (nSPS) is 10.6. The number of benzene rings is 2. The molecule has 0 radical (unpaired) electrons. The smallest absolute Gasteiger partial charge is 0.271 e. The number of rotatable bonds is 4. The number of nitrogens with one attached hydrogen (secondary N) is 1. The van der Waals surface area contributed by atoms with Crippen LogP contribution in [-0.2, 0) is 0 Å². The minimum Gasteiger partial charge on any atom is -0.378 e. The molecule has 108 valence electrons. The van der Waals surface area contributed by atoms with Crippen LogP contribution in [0, 0.1) is 5.82 Å². The minimum atomic E-state index is -0.453. The molecule has 4 nitrogen and oxygen atoms in total. The largest absolute Gasteiger partial charge is 0.378 e. The Bertz CT molecular complexity index is 651. The molecule has 0 aromatic heterocycles. The Labute approximate surface area is 122 Å². The van der Waals surface area contributed by atoms with Crippen LogP contribution in [0.3, 0.4) is 0 Å². The van der Waals surface area contributed by atoms with Gasteiger partial charge in [-0.15, -0.1) is 0 Å². The van der Waals surface area contributed by atoms with Crippen LogP contribution in [-0.4, -0.2) is 26.2 Å². The first-order valence-corrected chi connectivity index (χ1v) is 6.42. The first-order valence-electron chi connectivity index (χ1n) is 6.42. The van der Waals surface area contributed by atoms with Gasteiger partial charge in [0.25, 0.3) is 5.91 Å². The maximum atomic E-state index is 13.0. The first kappa shape index (κ1) is 14.7. The predicted molar refractivity (Wildman–Crippen MR) is 82.2 cm³/mol. The van der Waals surface area contributed by atoms with Gasteiger partial charge >= 0.3 is 0 Å². The van der Waals surface area contributed by atoms with Gasteiger partial charge in [0.2, 0.25) is 0 Å². The number of amides is 1. The van der Waals surface area contributed by atoms with Gasteiger partial charge in [-0.3, -0.25) is 4.79 Å². The molecule has 1 amide bonds. The van der Waals surface area contributed by atoms with E-state index >= 15 is 0 Å². The average Bonchev–Trinajstić information content (AvgIpc) is 2.47. The average molecular weight is 285 g/mol. The van der Waals surface area contributed by atoms with E-state index in [9.17, 15) is 9.18 Å². The summed E-state index contributed by atoms with van der Waals surface area (Å²) < 4.78 is 13.0. The van der Waals surface area contributed by atoms with Gasteiger partial charge in [-0.2, -0.15) is 5.10 Å². The molecule has 1 N–H and O–H groups in total. The monoisotopic (exact) mass is 285 g/mol. The van der Waals surface area contributed by atoms with Gasteiger partial charge in [0.1, 0.15) is 5.82 Å². The molecule has 2 rings (SSSR count). The zero-order valence-electron chi connectivity index (χ0n) is 11.9. The Morgan fingerprint density at radius 1 is 1.19 bits per heavy atom. The first-order chi connectivity index (χ1) is 10.1. The van der Waals surface area contributed by atoms with Crippen LogP contribution in [0.1, 0.15) is 15.9 Å². The van der Waals surface area contributed by atoms with E-state index in [4.69, 9.17) is 0 Å². The van der Waals surface area contributed by atoms with Crippen molar-refractivity contribution in [2.45, 2.75) is 0 Å². The van der Waals surface area contributed by atoms with Crippen molar-refractivity contribution in [1.82, 2.24) is 5.43 Å². The van der Waals surface area contributed by atoms with E-state index in [0.29, 0.717) is 0 Å². The second-order valence-corrected chi connectivity index (χ2v) is 4.70. The molecule has 0 aliphatic rings. The third-order valence-electron chi connectivity index (χ3n) is 2.88. The summed E-state index contributed by atoms with van der Waals surface area (Å²) in [6.45, 7) is 0. The topological polar surface area (TPSA) is 44.7 Å². The lowest BCUT2D eigenvalue weighted by Crippen LogP contribution is -2.17. The number of hydrogen-bond donors (Lipinski definition) is 1. The molecule has 0 saturated carbocycles. The highest BCUT2D eigenvalue weighted by molar-refractivity contribution is 5.94. The summed E-state index contributed by atoms with van der Waals surface area (Å²) >= 11 is 0. The number of halogens is 1. The molecule has 5 heteroatoms. The number of hydrazone groups is 1. The van der Waals surface area contributed by atoms with E-state index in [1.54, 1.807) is 0 Å².